The fourth-order valence-corrected chi connectivity index (χ4v) is 2.28. The van der Waals surface area contributed by atoms with Gasteiger partial charge in [-0.15, -0.1) is 0 Å². The highest BCUT2D eigenvalue weighted by Crippen LogP contribution is 2.26. The molecule has 0 aliphatic heterocycles. The summed E-state index contributed by atoms with van der Waals surface area (Å²) in [4.78, 5) is 10.4. The first-order valence-electron chi connectivity index (χ1n) is 6.01. The lowest BCUT2D eigenvalue weighted by molar-refractivity contribution is -0.385. The molecule has 0 aliphatic carbocycles. The van der Waals surface area contributed by atoms with E-state index < -0.39 is 16.6 Å². The van der Waals surface area contributed by atoms with Crippen LogP contribution in [-0.2, 0) is 6.54 Å². The first-order chi connectivity index (χ1) is 9.90. The second kappa shape index (κ2) is 6.17. The van der Waals surface area contributed by atoms with E-state index in [1.165, 1.54) is 31.2 Å². The van der Waals surface area contributed by atoms with Crippen LogP contribution in [0.25, 0.3) is 0 Å². The van der Waals surface area contributed by atoms with E-state index in [4.69, 9.17) is 0 Å². The molecule has 4 nitrogen and oxygen atoms in total. The van der Waals surface area contributed by atoms with Gasteiger partial charge in [0, 0.05) is 22.6 Å². The number of rotatable bonds is 4. The minimum atomic E-state index is -0.740. The van der Waals surface area contributed by atoms with E-state index in [9.17, 15) is 18.9 Å². The Balaban J connectivity index is 2.31. The summed E-state index contributed by atoms with van der Waals surface area (Å²) in [6, 6.07) is 6.89. The van der Waals surface area contributed by atoms with Crippen LogP contribution in [0.1, 0.15) is 11.1 Å². The van der Waals surface area contributed by atoms with Gasteiger partial charge in [0.2, 0.25) is 0 Å². The van der Waals surface area contributed by atoms with Gasteiger partial charge in [0.1, 0.15) is 11.5 Å². The van der Waals surface area contributed by atoms with Crippen LogP contribution in [0.5, 0.6) is 0 Å². The highest BCUT2D eigenvalue weighted by atomic mass is 79.9. The van der Waals surface area contributed by atoms with E-state index in [1.807, 2.05) is 0 Å². The zero-order valence-electron chi connectivity index (χ0n) is 11.0. The molecule has 21 heavy (non-hydrogen) atoms. The Hall–Kier alpha value is -2.02. The second-order valence-electron chi connectivity index (χ2n) is 4.44. The molecule has 0 aromatic heterocycles. The van der Waals surface area contributed by atoms with Crippen molar-refractivity contribution in [2.45, 2.75) is 13.5 Å². The van der Waals surface area contributed by atoms with Crippen LogP contribution >= 0.6 is 15.9 Å². The van der Waals surface area contributed by atoms with Gasteiger partial charge in [-0.2, -0.15) is 0 Å². The number of hydrogen-bond donors (Lipinski definition) is 1. The number of nitro groups is 1. The predicted octanol–water partition coefficient (Wildman–Crippen LogP) is 4.56. The SMILES string of the molecule is Cc1ccc(F)c(NCc2cc(Br)ccc2[N+](=O)[O-])c1F. The zero-order valence-corrected chi connectivity index (χ0v) is 12.6. The lowest BCUT2D eigenvalue weighted by Crippen LogP contribution is -2.07. The molecule has 1 N–H and O–H groups in total. The molecular weight excluding hydrogens is 346 g/mol. The Morgan fingerprint density at radius 3 is 2.67 bits per heavy atom. The van der Waals surface area contributed by atoms with Crippen molar-refractivity contribution in [3.05, 3.63) is 67.7 Å². The third-order valence-electron chi connectivity index (χ3n) is 2.98. The Bertz CT molecular complexity index is 708. The van der Waals surface area contributed by atoms with Crippen LogP contribution in [0, 0.1) is 28.7 Å². The highest BCUT2D eigenvalue weighted by molar-refractivity contribution is 9.10. The van der Waals surface area contributed by atoms with Crippen LogP contribution in [0.3, 0.4) is 0 Å². The molecule has 0 fully saturated rings. The molecule has 2 rings (SSSR count). The summed E-state index contributed by atoms with van der Waals surface area (Å²) in [5, 5.41) is 13.5. The number of benzene rings is 2. The van der Waals surface area contributed by atoms with Crippen LogP contribution < -0.4 is 5.32 Å². The molecule has 0 radical (unpaired) electrons. The maximum atomic E-state index is 13.9. The largest absolute Gasteiger partial charge is 0.376 e. The van der Waals surface area contributed by atoms with Crippen molar-refractivity contribution in [2.75, 3.05) is 5.32 Å². The Kier molecular flexibility index (Phi) is 4.52. The van der Waals surface area contributed by atoms with Crippen molar-refractivity contribution in [1.82, 2.24) is 0 Å². The standard InChI is InChI=1S/C14H11BrF2N2O2/c1-8-2-4-11(16)14(13(8)17)18-7-9-6-10(15)3-5-12(9)19(20)21/h2-6,18H,7H2,1H3. The molecule has 2 aromatic carbocycles. The van der Waals surface area contributed by atoms with Crippen LogP contribution in [0.2, 0.25) is 0 Å². The molecule has 0 heterocycles. The summed E-state index contributed by atoms with van der Waals surface area (Å²) in [5.41, 5.74) is 0.223. The summed E-state index contributed by atoms with van der Waals surface area (Å²) in [6.07, 6.45) is 0. The molecule has 0 saturated heterocycles. The van der Waals surface area contributed by atoms with Gasteiger partial charge in [-0.25, -0.2) is 8.78 Å². The minimum Gasteiger partial charge on any atom is -0.376 e. The number of nitrogens with zero attached hydrogens (tertiary/aromatic N) is 1. The second-order valence-corrected chi connectivity index (χ2v) is 5.35. The molecule has 0 spiro atoms. The van der Waals surface area contributed by atoms with Gasteiger partial charge in [-0.05, 0) is 30.7 Å². The van der Waals surface area contributed by atoms with Crippen molar-refractivity contribution in [3.8, 4) is 0 Å². The third kappa shape index (κ3) is 3.36. The van der Waals surface area contributed by atoms with E-state index in [0.29, 0.717) is 15.6 Å². The maximum Gasteiger partial charge on any atom is 0.274 e. The molecule has 0 amide bonds. The molecule has 0 saturated carbocycles. The average Bonchev–Trinajstić information content (AvgIpc) is 2.43. The normalized spacial score (nSPS) is 10.5. The number of anilines is 1. The number of aryl methyl sites for hydroxylation is 1. The van der Waals surface area contributed by atoms with E-state index in [0.717, 1.165) is 6.07 Å². The number of hydrogen-bond acceptors (Lipinski definition) is 3. The summed E-state index contributed by atoms with van der Waals surface area (Å²) in [6.45, 7) is 1.45. The van der Waals surface area contributed by atoms with Crippen molar-refractivity contribution in [3.63, 3.8) is 0 Å². The number of nitrogens with one attached hydrogen (secondary N) is 1. The molecular formula is C14H11BrF2N2O2. The van der Waals surface area contributed by atoms with Crippen molar-refractivity contribution >= 4 is 27.3 Å². The van der Waals surface area contributed by atoms with E-state index in [-0.39, 0.29) is 17.9 Å². The molecule has 0 unspecified atom stereocenters. The van der Waals surface area contributed by atoms with Crippen LogP contribution in [0.4, 0.5) is 20.2 Å². The summed E-state index contributed by atoms with van der Waals surface area (Å²) in [5.74, 6) is -1.44. The zero-order chi connectivity index (χ0) is 15.6. The van der Waals surface area contributed by atoms with Crippen molar-refractivity contribution < 1.29 is 13.7 Å². The van der Waals surface area contributed by atoms with Crippen molar-refractivity contribution in [2.24, 2.45) is 0 Å². The van der Waals surface area contributed by atoms with E-state index in [1.54, 1.807) is 0 Å². The number of nitro benzene ring substituents is 1. The van der Waals surface area contributed by atoms with Gasteiger partial charge in [0.25, 0.3) is 5.69 Å². The minimum absolute atomic E-state index is 0.0625. The predicted molar refractivity (Wildman–Crippen MR) is 79.2 cm³/mol. The first kappa shape index (κ1) is 15.4. The first-order valence-corrected chi connectivity index (χ1v) is 6.80. The number of halogens is 3. The van der Waals surface area contributed by atoms with E-state index >= 15 is 0 Å². The van der Waals surface area contributed by atoms with Gasteiger partial charge in [-0.3, -0.25) is 10.1 Å². The fourth-order valence-electron chi connectivity index (χ4n) is 1.88. The van der Waals surface area contributed by atoms with Gasteiger partial charge in [0.05, 0.1) is 4.92 Å². The molecule has 0 aliphatic rings. The van der Waals surface area contributed by atoms with Gasteiger partial charge in [-0.1, -0.05) is 22.0 Å². The Morgan fingerprint density at radius 2 is 2.00 bits per heavy atom. The molecule has 110 valence electrons. The molecule has 0 bridgehead atoms. The Labute approximate surface area is 128 Å². The van der Waals surface area contributed by atoms with Crippen molar-refractivity contribution in [1.29, 1.82) is 0 Å². The highest BCUT2D eigenvalue weighted by Gasteiger charge is 2.16. The van der Waals surface area contributed by atoms with Crippen LogP contribution in [-0.4, -0.2) is 4.92 Å². The fraction of sp³-hybridized carbons (Fsp3) is 0.143. The van der Waals surface area contributed by atoms with Gasteiger partial charge >= 0.3 is 0 Å². The lowest BCUT2D eigenvalue weighted by atomic mass is 10.1. The summed E-state index contributed by atoms with van der Waals surface area (Å²) >= 11 is 3.21. The van der Waals surface area contributed by atoms with Crippen LogP contribution in [0.15, 0.2) is 34.8 Å². The molecule has 0 atom stereocenters. The Morgan fingerprint density at radius 1 is 1.29 bits per heavy atom. The monoisotopic (exact) mass is 356 g/mol. The molecule has 7 heteroatoms. The van der Waals surface area contributed by atoms with Gasteiger partial charge in [0.15, 0.2) is 5.82 Å². The van der Waals surface area contributed by atoms with E-state index in [2.05, 4.69) is 21.2 Å². The third-order valence-corrected chi connectivity index (χ3v) is 3.47. The maximum absolute atomic E-state index is 13.9. The van der Waals surface area contributed by atoms with Gasteiger partial charge < -0.3 is 5.32 Å². The topological polar surface area (TPSA) is 55.2 Å². The summed E-state index contributed by atoms with van der Waals surface area (Å²) in [7, 11) is 0. The average molecular weight is 357 g/mol. The lowest BCUT2D eigenvalue weighted by Gasteiger charge is -2.11. The molecule has 2 aromatic rings. The smallest absolute Gasteiger partial charge is 0.274 e. The summed E-state index contributed by atoms with van der Waals surface area (Å²) < 4.78 is 28.1. The quantitative estimate of drug-likeness (QED) is 0.645.